The van der Waals surface area contributed by atoms with Gasteiger partial charge in [0.2, 0.25) is 5.91 Å². The highest BCUT2D eigenvalue weighted by Crippen LogP contribution is 2.41. The van der Waals surface area contributed by atoms with Crippen molar-refractivity contribution in [1.82, 2.24) is 10.4 Å². The van der Waals surface area contributed by atoms with Crippen molar-refractivity contribution in [2.24, 2.45) is 5.41 Å². The summed E-state index contributed by atoms with van der Waals surface area (Å²) in [6.07, 6.45) is -4.53. The fourth-order valence-corrected chi connectivity index (χ4v) is 3.35. The van der Waals surface area contributed by atoms with Crippen molar-refractivity contribution >= 4 is 16.7 Å². The Morgan fingerprint density at radius 1 is 1.07 bits per heavy atom. The Morgan fingerprint density at radius 3 is 2.21 bits per heavy atom. The molecule has 0 saturated carbocycles. The number of hydrogen-bond acceptors (Lipinski definition) is 3. The van der Waals surface area contributed by atoms with E-state index in [4.69, 9.17) is 4.74 Å². The molecule has 2 aromatic rings. The molecule has 152 valence electrons. The van der Waals surface area contributed by atoms with Crippen LogP contribution in [0.25, 0.3) is 10.8 Å². The van der Waals surface area contributed by atoms with Crippen LogP contribution in [-0.4, -0.2) is 29.2 Å². The molecule has 1 N–H and O–H groups in total. The standard InChI is InChI=1S/C21H25F3N2O2/c1-19(2,3)28-16-9-8-13-10-15(7-6-14(13)11-16)17(21(22,23)24)26-12-20(4,5)18(27)25-26/h6-11,17H,12H2,1-5H3,(H,25,27). The summed E-state index contributed by atoms with van der Waals surface area (Å²) < 4.78 is 47.4. The van der Waals surface area contributed by atoms with Crippen LogP contribution >= 0.6 is 0 Å². The number of halogens is 3. The third-order valence-corrected chi connectivity index (χ3v) is 4.62. The third kappa shape index (κ3) is 4.24. The first-order chi connectivity index (χ1) is 12.8. The maximum Gasteiger partial charge on any atom is 0.409 e. The van der Waals surface area contributed by atoms with Crippen LogP contribution in [0.4, 0.5) is 13.2 Å². The molecule has 2 aromatic carbocycles. The highest BCUT2D eigenvalue weighted by atomic mass is 19.4. The first-order valence-corrected chi connectivity index (χ1v) is 9.13. The quantitative estimate of drug-likeness (QED) is 0.797. The van der Waals surface area contributed by atoms with Crippen molar-refractivity contribution in [3.63, 3.8) is 0 Å². The Hall–Kier alpha value is -2.28. The Morgan fingerprint density at radius 2 is 1.68 bits per heavy atom. The molecule has 3 rings (SSSR count). The molecular weight excluding hydrogens is 369 g/mol. The number of carbonyl (C=O) groups excluding carboxylic acids is 1. The number of hydrogen-bond donors (Lipinski definition) is 1. The van der Waals surface area contributed by atoms with Crippen LogP contribution in [0.5, 0.6) is 5.75 Å². The minimum Gasteiger partial charge on any atom is -0.488 e. The van der Waals surface area contributed by atoms with Crippen molar-refractivity contribution in [2.45, 2.75) is 52.4 Å². The van der Waals surface area contributed by atoms with E-state index in [9.17, 15) is 18.0 Å². The van der Waals surface area contributed by atoms with Gasteiger partial charge < -0.3 is 4.74 Å². The molecule has 0 aliphatic carbocycles. The first-order valence-electron chi connectivity index (χ1n) is 9.13. The number of alkyl halides is 3. The monoisotopic (exact) mass is 394 g/mol. The molecule has 1 aliphatic rings. The lowest BCUT2D eigenvalue weighted by molar-refractivity contribution is -0.191. The molecule has 1 aliphatic heterocycles. The minimum absolute atomic E-state index is 0.0214. The van der Waals surface area contributed by atoms with Gasteiger partial charge >= 0.3 is 6.18 Å². The Bertz CT molecular complexity index is 901. The summed E-state index contributed by atoms with van der Waals surface area (Å²) in [6, 6.07) is 8.04. The molecule has 1 heterocycles. The summed E-state index contributed by atoms with van der Waals surface area (Å²) in [4.78, 5) is 12.0. The highest BCUT2D eigenvalue weighted by Gasteiger charge is 2.51. The predicted molar refractivity (Wildman–Crippen MR) is 102 cm³/mol. The number of hydrazine groups is 1. The van der Waals surface area contributed by atoms with E-state index in [1.807, 2.05) is 26.8 Å². The van der Waals surface area contributed by atoms with Gasteiger partial charge in [0, 0.05) is 6.54 Å². The van der Waals surface area contributed by atoms with Crippen LogP contribution in [-0.2, 0) is 4.79 Å². The first kappa shape index (κ1) is 20.5. The summed E-state index contributed by atoms with van der Waals surface area (Å²) in [5, 5.41) is 2.45. The molecule has 4 nitrogen and oxygen atoms in total. The molecule has 0 aromatic heterocycles. The lowest BCUT2D eigenvalue weighted by Crippen LogP contribution is -2.43. The van der Waals surface area contributed by atoms with Gasteiger partial charge in [0.25, 0.3) is 0 Å². The lowest BCUT2D eigenvalue weighted by atomic mass is 9.93. The topological polar surface area (TPSA) is 41.6 Å². The zero-order chi connectivity index (χ0) is 20.9. The van der Waals surface area contributed by atoms with Gasteiger partial charge in [-0.1, -0.05) is 18.2 Å². The molecule has 28 heavy (non-hydrogen) atoms. The van der Waals surface area contributed by atoms with Gasteiger partial charge in [-0.2, -0.15) is 13.2 Å². The van der Waals surface area contributed by atoms with Crippen LogP contribution in [0.3, 0.4) is 0 Å². The number of nitrogens with one attached hydrogen (secondary N) is 1. The van der Waals surface area contributed by atoms with E-state index in [0.29, 0.717) is 11.1 Å². The molecule has 7 heteroatoms. The van der Waals surface area contributed by atoms with Gasteiger partial charge in [-0.15, -0.1) is 0 Å². The van der Waals surface area contributed by atoms with Crippen LogP contribution in [0.1, 0.15) is 46.2 Å². The zero-order valence-corrected chi connectivity index (χ0v) is 16.6. The normalized spacial score (nSPS) is 18.9. The van der Waals surface area contributed by atoms with Crippen molar-refractivity contribution < 1.29 is 22.7 Å². The highest BCUT2D eigenvalue weighted by molar-refractivity contribution is 5.85. The summed E-state index contributed by atoms with van der Waals surface area (Å²) in [5.41, 5.74) is 1.23. The van der Waals surface area contributed by atoms with Crippen molar-refractivity contribution in [2.75, 3.05) is 6.54 Å². The van der Waals surface area contributed by atoms with Gasteiger partial charge in [0.1, 0.15) is 17.4 Å². The van der Waals surface area contributed by atoms with E-state index < -0.39 is 23.5 Å². The Balaban J connectivity index is 1.97. The molecule has 0 bridgehead atoms. The number of amides is 1. The van der Waals surface area contributed by atoms with Crippen LogP contribution < -0.4 is 10.2 Å². The van der Waals surface area contributed by atoms with Crippen molar-refractivity contribution in [1.29, 1.82) is 0 Å². The van der Waals surface area contributed by atoms with E-state index in [2.05, 4.69) is 5.43 Å². The summed E-state index contributed by atoms with van der Waals surface area (Å²) in [7, 11) is 0. The molecule has 1 amide bonds. The van der Waals surface area contributed by atoms with Crippen LogP contribution in [0.15, 0.2) is 36.4 Å². The largest absolute Gasteiger partial charge is 0.488 e. The second-order valence-corrected chi connectivity index (χ2v) is 8.88. The fourth-order valence-electron chi connectivity index (χ4n) is 3.35. The van der Waals surface area contributed by atoms with Gasteiger partial charge in [-0.05, 0) is 69.2 Å². The van der Waals surface area contributed by atoms with Crippen LogP contribution in [0, 0.1) is 5.41 Å². The molecule has 1 atom stereocenters. The van der Waals surface area contributed by atoms with Gasteiger partial charge in [0.15, 0.2) is 0 Å². The number of nitrogens with zero attached hydrogens (tertiary/aromatic N) is 1. The van der Waals surface area contributed by atoms with Crippen LogP contribution in [0.2, 0.25) is 0 Å². The number of fused-ring (bicyclic) bond motifs is 1. The molecule has 1 fully saturated rings. The van der Waals surface area contributed by atoms with Crippen molar-refractivity contribution in [3.8, 4) is 5.75 Å². The van der Waals surface area contributed by atoms with E-state index in [1.165, 1.54) is 12.1 Å². The lowest BCUT2D eigenvalue weighted by Gasteiger charge is -2.30. The Kier molecular flexibility index (Phi) is 4.86. The maximum absolute atomic E-state index is 13.9. The average Bonchev–Trinajstić information content (AvgIpc) is 2.77. The minimum atomic E-state index is -4.53. The predicted octanol–water partition coefficient (Wildman–Crippen LogP) is 4.99. The smallest absolute Gasteiger partial charge is 0.409 e. The summed E-state index contributed by atoms with van der Waals surface area (Å²) in [5.74, 6) is 0.250. The van der Waals surface area contributed by atoms with Gasteiger partial charge in [-0.3, -0.25) is 10.2 Å². The summed E-state index contributed by atoms with van der Waals surface area (Å²) in [6.45, 7) is 9.03. The van der Waals surface area contributed by atoms with Gasteiger partial charge in [-0.25, -0.2) is 5.01 Å². The molecule has 0 radical (unpaired) electrons. The fraction of sp³-hybridized carbons (Fsp3) is 0.476. The average molecular weight is 394 g/mol. The third-order valence-electron chi connectivity index (χ3n) is 4.62. The summed E-state index contributed by atoms with van der Waals surface area (Å²) >= 11 is 0. The van der Waals surface area contributed by atoms with Gasteiger partial charge in [0.05, 0.1) is 5.41 Å². The molecule has 0 spiro atoms. The number of ether oxygens (including phenoxy) is 1. The molecule has 1 unspecified atom stereocenters. The van der Waals surface area contributed by atoms with E-state index in [-0.39, 0.29) is 17.7 Å². The second-order valence-electron chi connectivity index (χ2n) is 8.88. The maximum atomic E-state index is 13.9. The Labute approximate surface area is 162 Å². The zero-order valence-electron chi connectivity index (χ0n) is 16.6. The number of rotatable bonds is 3. The van der Waals surface area contributed by atoms with E-state index in [1.54, 1.807) is 32.0 Å². The molecule has 1 saturated heterocycles. The number of benzene rings is 2. The molecular formula is C21H25F3N2O2. The van der Waals surface area contributed by atoms with E-state index in [0.717, 1.165) is 10.4 Å². The van der Waals surface area contributed by atoms with Crippen molar-refractivity contribution in [3.05, 3.63) is 42.0 Å². The van der Waals surface area contributed by atoms with E-state index >= 15 is 0 Å². The second kappa shape index (κ2) is 6.65. The SMILES string of the molecule is CC(C)(C)Oc1ccc2cc(C(N3CC(C)(C)C(=O)N3)C(F)(F)F)ccc2c1. The number of carbonyl (C=O) groups is 1.